The number of anilines is 2. The average Bonchev–Trinajstić information content (AvgIpc) is 3.34. The SMILES string of the molecule is O=C(CN1CCN(c2ccccc2)CC1)Nc1ccnn1C1CCCC1. The van der Waals surface area contributed by atoms with Gasteiger partial charge in [0.1, 0.15) is 5.82 Å². The zero-order valence-electron chi connectivity index (χ0n) is 15.2. The molecule has 2 heterocycles. The van der Waals surface area contributed by atoms with Crippen LogP contribution in [0.25, 0.3) is 0 Å². The van der Waals surface area contributed by atoms with Gasteiger partial charge in [-0.15, -0.1) is 0 Å². The Morgan fingerprint density at radius 2 is 1.77 bits per heavy atom. The van der Waals surface area contributed by atoms with Crippen LogP contribution in [0.5, 0.6) is 0 Å². The summed E-state index contributed by atoms with van der Waals surface area (Å²) in [4.78, 5) is 17.1. The fourth-order valence-electron chi connectivity index (χ4n) is 4.04. The number of rotatable bonds is 5. The molecule has 2 aromatic rings. The van der Waals surface area contributed by atoms with E-state index in [9.17, 15) is 4.79 Å². The van der Waals surface area contributed by atoms with E-state index < -0.39 is 0 Å². The highest BCUT2D eigenvalue weighted by atomic mass is 16.2. The lowest BCUT2D eigenvalue weighted by Gasteiger charge is -2.35. The number of carbonyl (C=O) groups excluding carboxylic acids is 1. The molecule has 0 radical (unpaired) electrons. The van der Waals surface area contributed by atoms with Crippen molar-refractivity contribution in [3.8, 4) is 0 Å². The van der Waals surface area contributed by atoms with Crippen molar-refractivity contribution in [2.24, 2.45) is 0 Å². The normalized spacial score (nSPS) is 19.0. The molecule has 1 amide bonds. The van der Waals surface area contributed by atoms with Crippen molar-refractivity contribution >= 4 is 17.4 Å². The van der Waals surface area contributed by atoms with E-state index in [-0.39, 0.29) is 5.91 Å². The number of benzene rings is 1. The van der Waals surface area contributed by atoms with E-state index in [4.69, 9.17) is 0 Å². The predicted octanol–water partition coefficient (Wildman–Crippen LogP) is 2.76. The van der Waals surface area contributed by atoms with Crippen LogP contribution in [0.1, 0.15) is 31.7 Å². The Bertz CT molecular complexity index is 715. The third kappa shape index (κ3) is 3.90. The summed E-state index contributed by atoms with van der Waals surface area (Å²) in [6.07, 6.45) is 6.61. The summed E-state index contributed by atoms with van der Waals surface area (Å²) in [7, 11) is 0. The molecular formula is C20H27N5O. The van der Waals surface area contributed by atoms with E-state index in [1.54, 1.807) is 6.20 Å². The van der Waals surface area contributed by atoms with Crippen LogP contribution in [-0.4, -0.2) is 53.3 Å². The Morgan fingerprint density at radius 1 is 1.04 bits per heavy atom. The molecule has 0 atom stereocenters. The summed E-state index contributed by atoms with van der Waals surface area (Å²) in [5, 5.41) is 7.49. The maximum absolute atomic E-state index is 12.5. The summed E-state index contributed by atoms with van der Waals surface area (Å²) in [6.45, 7) is 4.17. The van der Waals surface area contributed by atoms with Crippen LogP contribution in [0, 0.1) is 0 Å². The minimum atomic E-state index is 0.0536. The van der Waals surface area contributed by atoms with Gasteiger partial charge in [0, 0.05) is 37.9 Å². The number of aromatic nitrogens is 2. The van der Waals surface area contributed by atoms with Crippen LogP contribution in [-0.2, 0) is 4.79 Å². The van der Waals surface area contributed by atoms with Gasteiger partial charge in [0.2, 0.25) is 5.91 Å². The lowest BCUT2D eigenvalue weighted by atomic mass is 10.2. The summed E-state index contributed by atoms with van der Waals surface area (Å²) in [6, 6.07) is 12.8. The minimum absolute atomic E-state index is 0.0536. The van der Waals surface area contributed by atoms with E-state index in [2.05, 4.69) is 44.5 Å². The summed E-state index contributed by atoms with van der Waals surface area (Å²) < 4.78 is 2.00. The summed E-state index contributed by atoms with van der Waals surface area (Å²) >= 11 is 0. The fourth-order valence-corrected chi connectivity index (χ4v) is 4.04. The van der Waals surface area contributed by atoms with Gasteiger partial charge in [0.15, 0.2) is 0 Å². The van der Waals surface area contributed by atoms with Gasteiger partial charge in [-0.25, -0.2) is 4.68 Å². The molecule has 1 N–H and O–H groups in total. The molecule has 26 heavy (non-hydrogen) atoms. The molecule has 6 nitrogen and oxygen atoms in total. The first-order valence-corrected chi connectivity index (χ1v) is 9.65. The minimum Gasteiger partial charge on any atom is -0.369 e. The van der Waals surface area contributed by atoms with Crippen LogP contribution >= 0.6 is 0 Å². The highest BCUT2D eigenvalue weighted by Crippen LogP contribution is 2.31. The highest BCUT2D eigenvalue weighted by Gasteiger charge is 2.22. The van der Waals surface area contributed by atoms with Crippen LogP contribution in [0.3, 0.4) is 0 Å². The molecule has 2 aliphatic rings. The molecule has 1 aliphatic heterocycles. The molecular weight excluding hydrogens is 326 g/mol. The summed E-state index contributed by atoms with van der Waals surface area (Å²) in [5.74, 6) is 0.891. The smallest absolute Gasteiger partial charge is 0.239 e. The number of carbonyl (C=O) groups is 1. The van der Waals surface area contributed by atoms with Gasteiger partial charge >= 0.3 is 0 Å². The number of hydrogen-bond donors (Lipinski definition) is 1. The molecule has 2 fully saturated rings. The number of nitrogens with one attached hydrogen (secondary N) is 1. The molecule has 0 spiro atoms. The van der Waals surface area contributed by atoms with Crippen LogP contribution in [0.2, 0.25) is 0 Å². The third-order valence-electron chi connectivity index (χ3n) is 5.47. The Balaban J connectivity index is 1.28. The van der Waals surface area contributed by atoms with Gasteiger partial charge in [-0.3, -0.25) is 9.69 Å². The number of piperazine rings is 1. The first-order chi connectivity index (χ1) is 12.8. The van der Waals surface area contributed by atoms with Crippen LogP contribution < -0.4 is 10.2 Å². The van der Waals surface area contributed by atoms with E-state index in [1.165, 1.54) is 18.5 Å². The van der Waals surface area contributed by atoms with Crippen molar-refractivity contribution in [1.29, 1.82) is 0 Å². The van der Waals surface area contributed by atoms with Crippen molar-refractivity contribution < 1.29 is 4.79 Å². The Labute approximate surface area is 154 Å². The van der Waals surface area contributed by atoms with Gasteiger partial charge in [0.05, 0.1) is 18.8 Å². The number of hydrogen-bond acceptors (Lipinski definition) is 4. The summed E-state index contributed by atoms with van der Waals surface area (Å²) in [5.41, 5.74) is 1.26. The zero-order valence-corrected chi connectivity index (χ0v) is 15.2. The molecule has 1 aliphatic carbocycles. The quantitative estimate of drug-likeness (QED) is 0.898. The second-order valence-corrected chi connectivity index (χ2v) is 7.25. The van der Waals surface area contributed by atoms with Gasteiger partial charge in [-0.2, -0.15) is 5.10 Å². The van der Waals surface area contributed by atoms with Gasteiger partial charge in [-0.1, -0.05) is 31.0 Å². The van der Waals surface area contributed by atoms with Crippen molar-refractivity contribution in [2.45, 2.75) is 31.7 Å². The monoisotopic (exact) mass is 353 g/mol. The predicted molar refractivity (Wildman–Crippen MR) is 103 cm³/mol. The van der Waals surface area contributed by atoms with E-state index in [1.807, 2.05) is 16.8 Å². The lowest BCUT2D eigenvalue weighted by Crippen LogP contribution is -2.48. The number of amides is 1. The molecule has 1 aromatic carbocycles. The van der Waals surface area contributed by atoms with E-state index in [0.717, 1.165) is 44.8 Å². The van der Waals surface area contributed by atoms with Crippen LogP contribution in [0.15, 0.2) is 42.6 Å². The van der Waals surface area contributed by atoms with E-state index in [0.29, 0.717) is 12.6 Å². The van der Waals surface area contributed by atoms with Gasteiger partial charge in [-0.05, 0) is 25.0 Å². The number of nitrogens with zero attached hydrogens (tertiary/aromatic N) is 4. The fraction of sp³-hybridized carbons (Fsp3) is 0.500. The topological polar surface area (TPSA) is 53.4 Å². The van der Waals surface area contributed by atoms with Gasteiger partial charge < -0.3 is 10.2 Å². The van der Waals surface area contributed by atoms with Gasteiger partial charge in [0.25, 0.3) is 0 Å². The average molecular weight is 353 g/mol. The number of para-hydroxylation sites is 1. The highest BCUT2D eigenvalue weighted by molar-refractivity contribution is 5.91. The second-order valence-electron chi connectivity index (χ2n) is 7.25. The molecule has 6 heteroatoms. The third-order valence-corrected chi connectivity index (χ3v) is 5.47. The standard InChI is InChI=1S/C20H27N5O/c26-20(22-19-10-11-21-25(19)18-8-4-5-9-18)16-23-12-14-24(15-13-23)17-6-2-1-3-7-17/h1-3,6-7,10-11,18H,4-5,8-9,12-16H2,(H,22,26). The Kier molecular flexibility index (Phi) is 5.20. The first kappa shape index (κ1) is 17.1. The first-order valence-electron chi connectivity index (χ1n) is 9.65. The molecule has 1 aromatic heterocycles. The van der Waals surface area contributed by atoms with E-state index >= 15 is 0 Å². The van der Waals surface area contributed by atoms with Crippen molar-refractivity contribution in [3.05, 3.63) is 42.6 Å². The van der Waals surface area contributed by atoms with Crippen molar-refractivity contribution in [3.63, 3.8) is 0 Å². The largest absolute Gasteiger partial charge is 0.369 e. The maximum atomic E-state index is 12.5. The van der Waals surface area contributed by atoms with Crippen LogP contribution in [0.4, 0.5) is 11.5 Å². The zero-order chi connectivity index (χ0) is 17.8. The second kappa shape index (κ2) is 7.91. The Morgan fingerprint density at radius 3 is 2.50 bits per heavy atom. The molecule has 1 saturated heterocycles. The molecule has 0 unspecified atom stereocenters. The van der Waals surface area contributed by atoms with Crippen molar-refractivity contribution in [1.82, 2.24) is 14.7 Å². The lowest BCUT2D eigenvalue weighted by molar-refractivity contribution is -0.117. The Hall–Kier alpha value is -2.34. The molecule has 0 bridgehead atoms. The maximum Gasteiger partial charge on any atom is 0.239 e. The molecule has 138 valence electrons. The molecule has 1 saturated carbocycles. The molecule has 4 rings (SSSR count). The van der Waals surface area contributed by atoms with Crippen molar-refractivity contribution in [2.75, 3.05) is 42.9 Å².